The molecule has 0 atom stereocenters. The Balaban J connectivity index is 2.35. The lowest BCUT2D eigenvalue weighted by Gasteiger charge is -2.09. The van der Waals surface area contributed by atoms with Gasteiger partial charge in [-0.3, -0.25) is 9.48 Å². The second-order valence-electron chi connectivity index (χ2n) is 4.19. The summed E-state index contributed by atoms with van der Waals surface area (Å²) in [6, 6.07) is 5.43. The average Bonchev–Trinajstić information content (AvgIpc) is 2.86. The van der Waals surface area contributed by atoms with E-state index in [0.717, 1.165) is 17.8 Å². The largest absolute Gasteiger partial charge is 0.343 e. The van der Waals surface area contributed by atoms with Gasteiger partial charge in [-0.05, 0) is 19.1 Å². The summed E-state index contributed by atoms with van der Waals surface area (Å²) >= 11 is 0. The fraction of sp³-hybridized carbons (Fsp3) is 0.308. The first-order valence-corrected chi connectivity index (χ1v) is 5.83. The summed E-state index contributed by atoms with van der Waals surface area (Å²) in [5.74, 6) is -0.0975. The third-order valence-corrected chi connectivity index (χ3v) is 2.63. The van der Waals surface area contributed by atoms with E-state index in [0.29, 0.717) is 5.69 Å². The van der Waals surface area contributed by atoms with Crippen molar-refractivity contribution in [3.05, 3.63) is 36.3 Å². The summed E-state index contributed by atoms with van der Waals surface area (Å²) in [4.78, 5) is 17.7. The van der Waals surface area contributed by atoms with E-state index in [-0.39, 0.29) is 5.91 Å². The van der Waals surface area contributed by atoms with Crippen molar-refractivity contribution in [1.82, 2.24) is 19.7 Å². The van der Waals surface area contributed by atoms with Gasteiger partial charge >= 0.3 is 0 Å². The maximum Gasteiger partial charge on any atom is 0.271 e. The van der Waals surface area contributed by atoms with Gasteiger partial charge in [0.05, 0.1) is 11.9 Å². The Kier molecular flexibility index (Phi) is 3.41. The minimum Gasteiger partial charge on any atom is -0.343 e. The van der Waals surface area contributed by atoms with Crippen LogP contribution in [0.3, 0.4) is 0 Å². The van der Waals surface area contributed by atoms with Crippen LogP contribution >= 0.6 is 0 Å². The van der Waals surface area contributed by atoms with Crippen molar-refractivity contribution in [3.63, 3.8) is 0 Å². The third kappa shape index (κ3) is 2.40. The van der Waals surface area contributed by atoms with Crippen molar-refractivity contribution in [3.8, 4) is 11.3 Å². The first-order chi connectivity index (χ1) is 8.61. The van der Waals surface area contributed by atoms with Gasteiger partial charge < -0.3 is 4.90 Å². The monoisotopic (exact) mass is 244 g/mol. The molecule has 1 amide bonds. The van der Waals surface area contributed by atoms with Gasteiger partial charge in [-0.25, -0.2) is 4.98 Å². The number of carbonyl (C=O) groups excluding carboxylic acids is 1. The Bertz CT molecular complexity index is 560. The summed E-state index contributed by atoms with van der Waals surface area (Å²) in [6.07, 6.45) is 3.68. The quantitative estimate of drug-likeness (QED) is 0.825. The van der Waals surface area contributed by atoms with Crippen molar-refractivity contribution in [1.29, 1.82) is 0 Å². The van der Waals surface area contributed by atoms with Gasteiger partial charge in [0.2, 0.25) is 0 Å². The van der Waals surface area contributed by atoms with E-state index in [2.05, 4.69) is 10.1 Å². The minimum absolute atomic E-state index is 0.0975. The number of rotatable bonds is 3. The highest BCUT2D eigenvalue weighted by Gasteiger charge is 2.11. The zero-order valence-corrected chi connectivity index (χ0v) is 10.8. The maximum absolute atomic E-state index is 11.8. The Morgan fingerprint density at radius 1 is 1.39 bits per heavy atom. The fourth-order valence-corrected chi connectivity index (χ4v) is 1.61. The smallest absolute Gasteiger partial charge is 0.271 e. The number of nitrogens with zero attached hydrogens (tertiary/aromatic N) is 4. The van der Waals surface area contributed by atoms with Gasteiger partial charge in [-0.15, -0.1) is 0 Å². The highest BCUT2D eigenvalue weighted by molar-refractivity contribution is 5.92. The Labute approximate surface area is 106 Å². The van der Waals surface area contributed by atoms with Crippen LogP contribution in [0.4, 0.5) is 0 Å². The highest BCUT2D eigenvalue weighted by Crippen LogP contribution is 2.16. The molecule has 5 nitrogen and oxygen atoms in total. The molecule has 0 saturated heterocycles. The van der Waals surface area contributed by atoms with E-state index in [1.54, 1.807) is 26.4 Å². The standard InChI is InChI=1S/C13H16N4O/c1-4-17-9-10(8-14-17)11-6-5-7-12(15-11)13(18)16(2)3/h5-9H,4H2,1-3H3. The predicted molar refractivity (Wildman–Crippen MR) is 69.1 cm³/mol. The predicted octanol–water partition coefficient (Wildman–Crippen LogP) is 1.67. The number of hydrogen-bond donors (Lipinski definition) is 0. The van der Waals surface area contributed by atoms with E-state index in [1.165, 1.54) is 4.90 Å². The molecule has 2 aromatic rings. The molecule has 0 aromatic carbocycles. The molecule has 2 aromatic heterocycles. The second-order valence-corrected chi connectivity index (χ2v) is 4.19. The van der Waals surface area contributed by atoms with E-state index >= 15 is 0 Å². The van der Waals surface area contributed by atoms with Crippen LogP contribution in [0, 0.1) is 0 Å². The fourth-order valence-electron chi connectivity index (χ4n) is 1.61. The topological polar surface area (TPSA) is 51.0 Å². The summed E-state index contributed by atoms with van der Waals surface area (Å²) < 4.78 is 1.83. The van der Waals surface area contributed by atoms with E-state index < -0.39 is 0 Å². The molecule has 0 fully saturated rings. The van der Waals surface area contributed by atoms with Gasteiger partial charge in [-0.1, -0.05) is 6.07 Å². The van der Waals surface area contributed by atoms with Crippen molar-refractivity contribution >= 4 is 5.91 Å². The number of amides is 1. The average molecular weight is 244 g/mol. The Morgan fingerprint density at radius 2 is 2.17 bits per heavy atom. The molecule has 2 rings (SSSR count). The van der Waals surface area contributed by atoms with Crippen LogP contribution in [0.2, 0.25) is 0 Å². The molecular weight excluding hydrogens is 228 g/mol. The van der Waals surface area contributed by atoms with Crippen molar-refractivity contribution in [2.45, 2.75) is 13.5 Å². The zero-order valence-electron chi connectivity index (χ0n) is 10.8. The Hall–Kier alpha value is -2.17. The minimum atomic E-state index is -0.0975. The van der Waals surface area contributed by atoms with Crippen LogP contribution in [0.1, 0.15) is 17.4 Å². The van der Waals surface area contributed by atoms with Crippen LogP contribution in [-0.4, -0.2) is 39.7 Å². The molecule has 18 heavy (non-hydrogen) atoms. The molecular formula is C13H16N4O. The maximum atomic E-state index is 11.8. The van der Waals surface area contributed by atoms with Gasteiger partial charge in [0.1, 0.15) is 5.69 Å². The molecule has 0 aliphatic rings. The molecule has 0 aliphatic heterocycles. The second kappa shape index (κ2) is 5.00. The molecule has 0 bridgehead atoms. The first kappa shape index (κ1) is 12.3. The molecule has 0 radical (unpaired) electrons. The van der Waals surface area contributed by atoms with E-state index in [1.807, 2.05) is 29.9 Å². The van der Waals surface area contributed by atoms with E-state index in [9.17, 15) is 4.79 Å². The lowest BCUT2D eigenvalue weighted by molar-refractivity contribution is 0.0822. The van der Waals surface area contributed by atoms with Gasteiger partial charge in [0, 0.05) is 32.4 Å². The number of pyridine rings is 1. The lowest BCUT2D eigenvalue weighted by Crippen LogP contribution is -2.22. The van der Waals surface area contributed by atoms with Crippen molar-refractivity contribution in [2.24, 2.45) is 0 Å². The number of hydrogen-bond acceptors (Lipinski definition) is 3. The normalized spacial score (nSPS) is 10.4. The van der Waals surface area contributed by atoms with Crippen molar-refractivity contribution in [2.75, 3.05) is 14.1 Å². The molecule has 0 spiro atoms. The summed E-state index contributed by atoms with van der Waals surface area (Å²) in [7, 11) is 3.43. The van der Waals surface area contributed by atoms with Crippen LogP contribution in [0.5, 0.6) is 0 Å². The van der Waals surface area contributed by atoms with Crippen LogP contribution in [0.15, 0.2) is 30.6 Å². The lowest BCUT2D eigenvalue weighted by atomic mass is 10.2. The first-order valence-electron chi connectivity index (χ1n) is 5.83. The molecule has 2 heterocycles. The van der Waals surface area contributed by atoms with Gasteiger partial charge in [0.15, 0.2) is 0 Å². The molecule has 0 aliphatic carbocycles. The molecule has 0 saturated carbocycles. The Morgan fingerprint density at radius 3 is 2.78 bits per heavy atom. The third-order valence-electron chi connectivity index (χ3n) is 2.63. The number of aromatic nitrogens is 3. The van der Waals surface area contributed by atoms with Crippen LogP contribution < -0.4 is 0 Å². The summed E-state index contributed by atoms with van der Waals surface area (Å²) in [6.45, 7) is 2.84. The molecule has 0 N–H and O–H groups in total. The summed E-state index contributed by atoms with van der Waals surface area (Å²) in [5.41, 5.74) is 2.13. The van der Waals surface area contributed by atoms with E-state index in [4.69, 9.17) is 0 Å². The summed E-state index contributed by atoms with van der Waals surface area (Å²) in [5, 5.41) is 4.20. The molecule has 0 unspecified atom stereocenters. The van der Waals surface area contributed by atoms with Crippen LogP contribution in [0.25, 0.3) is 11.3 Å². The van der Waals surface area contributed by atoms with Crippen LogP contribution in [-0.2, 0) is 6.54 Å². The van der Waals surface area contributed by atoms with Gasteiger partial charge in [-0.2, -0.15) is 5.10 Å². The SMILES string of the molecule is CCn1cc(-c2cccc(C(=O)N(C)C)n2)cn1. The number of carbonyl (C=O) groups is 1. The molecule has 5 heteroatoms. The zero-order chi connectivity index (χ0) is 13.1. The highest BCUT2D eigenvalue weighted by atomic mass is 16.2. The van der Waals surface area contributed by atoms with Gasteiger partial charge in [0.25, 0.3) is 5.91 Å². The molecule has 94 valence electrons. The number of aryl methyl sites for hydroxylation is 1. The van der Waals surface area contributed by atoms with Crippen molar-refractivity contribution < 1.29 is 4.79 Å².